The molecule has 4 fully saturated rings. The Morgan fingerprint density at radius 2 is 1.65 bits per heavy atom. The molecule has 2 bridgehead atoms. The summed E-state index contributed by atoms with van der Waals surface area (Å²) in [5.41, 5.74) is 6.48. The van der Waals surface area contributed by atoms with Crippen LogP contribution in [0.25, 0.3) is 22.4 Å². The fourth-order valence-electron chi connectivity index (χ4n) is 9.25. The Balaban J connectivity index is 1.00. The van der Waals surface area contributed by atoms with Crippen molar-refractivity contribution >= 4 is 35.0 Å². The molecule has 2 N–H and O–H groups in total. The number of benzene rings is 2. The predicted octanol–water partition coefficient (Wildman–Crippen LogP) is 8.49. The second-order valence-corrected chi connectivity index (χ2v) is 16.2. The Bertz CT molecular complexity index is 2120. The van der Waals surface area contributed by atoms with E-state index in [1.165, 1.54) is 0 Å². The Labute approximate surface area is 331 Å². The largest absolute Gasteiger partial charge is 0.481 e. The van der Waals surface area contributed by atoms with E-state index in [2.05, 4.69) is 22.3 Å². The third-order valence-corrected chi connectivity index (χ3v) is 12.9. The molecular weight excluding hydrogens is 739 g/mol. The number of nitrogens with one attached hydrogen (secondary N) is 1. The number of nitrogens with zero attached hydrogens (tertiary/aromatic N) is 3. The van der Waals surface area contributed by atoms with E-state index >= 15 is 0 Å². The van der Waals surface area contributed by atoms with Gasteiger partial charge >= 0.3 is 5.97 Å². The standard InChI is InChI=1S/C43H46Cl2N4O6/c1-53-39-27(22-46-21-26-9-11-29(50)19-26)10-13-36(47-39)34-8-4-7-33(38(34)45)30-5-3-6-32-31(30)12-14-37(32)55-41-35(44)20-28(40(48-41)54-2)24-49-23-25-15-17-43(49,18-16-25)42(51)52/h3-8,10,13,20,25-26,37,46H,9,11-12,14-19,21-24H2,1-2H3,(H,51,52)/t25?,26-,37+,43?/m1/s1. The zero-order chi connectivity index (χ0) is 38.3. The van der Waals surface area contributed by atoms with Crippen molar-refractivity contribution in [3.8, 4) is 40.0 Å². The zero-order valence-corrected chi connectivity index (χ0v) is 32.7. The van der Waals surface area contributed by atoms with Crippen molar-refractivity contribution in [2.24, 2.45) is 11.8 Å². The summed E-state index contributed by atoms with van der Waals surface area (Å²) in [6.07, 6.45) is 6.70. The fourth-order valence-corrected chi connectivity index (χ4v) is 9.79. The molecule has 2 aromatic heterocycles. The number of aliphatic carboxylic acids is 1. The van der Waals surface area contributed by atoms with E-state index in [9.17, 15) is 14.7 Å². The zero-order valence-electron chi connectivity index (χ0n) is 31.2. The normalized spacial score (nSPS) is 23.2. The van der Waals surface area contributed by atoms with Gasteiger partial charge in [0.1, 0.15) is 22.4 Å². The van der Waals surface area contributed by atoms with E-state index in [0.29, 0.717) is 83.9 Å². The van der Waals surface area contributed by atoms with Crippen LogP contribution in [0.15, 0.2) is 54.6 Å². The molecule has 12 heteroatoms. The molecule has 0 spiro atoms. The third kappa shape index (κ3) is 7.30. The van der Waals surface area contributed by atoms with Gasteiger partial charge in [0.25, 0.3) is 0 Å². The van der Waals surface area contributed by atoms with Gasteiger partial charge in [-0.1, -0.05) is 65.7 Å². The number of hydrogen-bond donors (Lipinski definition) is 2. The summed E-state index contributed by atoms with van der Waals surface area (Å²) in [6, 6.07) is 18.0. The number of carbonyl (C=O) groups excluding carboxylic acids is 1. The van der Waals surface area contributed by atoms with Crippen molar-refractivity contribution in [3.63, 3.8) is 0 Å². The first-order chi connectivity index (χ1) is 26.7. The van der Waals surface area contributed by atoms with Gasteiger partial charge in [0.2, 0.25) is 17.6 Å². The minimum Gasteiger partial charge on any atom is -0.481 e. The van der Waals surface area contributed by atoms with E-state index in [0.717, 1.165) is 84.1 Å². The van der Waals surface area contributed by atoms with Crippen LogP contribution in [-0.4, -0.2) is 64.6 Å². The van der Waals surface area contributed by atoms with Gasteiger partial charge in [-0.05, 0) is 92.1 Å². The number of ketones is 1. The van der Waals surface area contributed by atoms with Gasteiger partial charge in [0.15, 0.2) is 0 Å². The number of aromatic nitrogens is 2. The SMILES string of the molecule is COc1nc(-c2cccc(-c3cccc4c3CC[C@@H]4Oc3nc(OC)c(CN4CC5CCC4(C(=O)O)CC5)cc3Cl)c2Cl)ccc1CNC[C@@H]1CCC(=O)C1. The van der Waals surface area contributed by atoms with Gasteiger partial charge in [0.05, 0.1) is 24.9 Å². The van der Waals surface area contributed by atoms with Crippen molar-refractivity contribution in [2.45, 2.75) is 82.5 Å². The van der Waals surface area contributed by atoms with Crippen LogP contribution in [0.3, 0.4) is 0 Å². The van der Waals surface area contributed by atoms with Crippen molar-refractivity contribution < 1.29 is 28.9 Å². The van der Waals surface area contributed by atoms with Gasteiger partial charge < -0.3 is 24.6 Å². The second-order valence-electron chi connectivity index (χ2n) is 15.4. The number of pyridine rings is 2. The maximum atomic E-state index is 12.5. The predicted molar refractivity (Wildman–Crippen MR) is 211 cm³/mol. The van der Waals surface area contributed by atoms with E-state index in [1.54, 1.807) is 14.2 Å². The first-order valence-corrected chi connectivity index (χ1v) is 20.0. The number of ether oxygens (including phenoxy) is 3. The molecule has 10 nitrogen and oxygen atoms in total. The lowest BCUT2D eigenvalue weighted by atomic mass is 9.70. The van der Waals surface area contributed by atoms with Crippen molar-refractivity contribution in [2.75, 3.05) is 27.3 Å². The highest BCUT2D eigenvalue weighted by molar-refractivity contribution is 6.36. The summed E-state index contributed by atoms with van der Waals surface area (Å²) in [6.45, 7) is 2.51. The summed E-state index contributed by atoms with van der Waals surface area (Å²) in [4.78, 5) is 35.8. The number of carboxylic acids is 1. The number of carboxylic acid groups (broad SMARTS) is 1. The minimum absolute atomic E-state index is 0.283. The number of hydrogen-bond acceptors (Lipinski definition) is 9. The van der Waals surface area contributed by atoms with Gasteiger partial charge in [-0.15, -0.1) is 0 Å². The molecule has 0 unspecified atom stereocenters. The summed E-state index contributed by atoms with van der Waals surface area (Å²) in [5.74, 6) is 1.68. The second kappa shape index (κ2) is 15.7. The lowest BCUT2D eigenvalue weighted by molar-refractivity contribution is -0.162. The van der Waals surface area contributed by atoms with Gasteiger partial charge in [0, 0.05) is 54.7 Å². The molecule has 4 aromatic rings. The van der Waals surface area contributed by atoms with Crippen LogP contribution in [0, 0.1) is 11.8 Å². The molecule has 3 aliphatic carbocycles. The topological polar surface area (TPSA) is 123 Å². The fraction of sp³-hybridized carbons (Fsp3) is 0.442. The monoisotopic (exact) mass is 784 g/mol. The molecular formula is C43H46Cl2N4O6. The van der Waals surface area contributed by atoms with Crippen molar-refractivity contribution in [1.29, 1.82) is 0 Å². The number of methoxy groups -OCH3 is 2. The number of carbonyl (C=O) groups is 2. The summed E-state index contributed by atoms with van der Waals surface area (Å²) >= 11 is 14.0. The van der Waals surface area contributed by atoms with Crippen LogP contribution in [0.4, 0.5) is 0 Å². The Hall–Kier alpha value is -4.22. The molecule has 0 radical (unpaired) electrons. The molecule has 4 heterocycles. The molecule has 9 rings (SSSR count). The first kappa shape index (κ1) is 37.7. The number of fused-ring (bicyclic) bond motifs is 4. The van der Waals surface area contributed by atoms with E-state index < -0.39 is 11.5 Å². The summed E-state index contributed by atoms with van der Waals surface area (Å²) in [5, 5.41) is 14.7. The number of Topliss-reactive ketones (excluding diaryl/α,β-unsaturated/α-hetero) is 1. The van der Waals surface area contributed by atoms with Gasteiger partial charge in [-0.2, -0.15) is 4.98 Å². The first-order valence-electron chi connectivity index (χ1n) is 19.2. The van der Waals surface area contributed by atoms with E-state index in [-0.39, 0.29) is 12.0 Å². The molecule has 2 saturated heterocycles. The Morgan fingerprint density at radius 1 is 0.909 bits per heavy atom. The Morgan fingerprint density at radius 3 is 2.40 bits per heavy atom. The molecule has 2 atom stereocenters. The quantitative estimate of drug-likeness (QED) is 0.137. The number of piperidine rings is 2. The van der Waals surface area contributed by atoms with E-state index in [4.69, 9.17) is 47.4 Å². The Kier molecular flexibility index (Phi) is 10.8. The van der Waals surface area contributed by atoms with Gasteiger partial charge in [-0.25, -0.2) is 4.98 Å². The van der Waals surface area contributed by atoms with Crippen LogP contribution in [0.1, 0.15) is 79.7 Å². The highest BCUT2D eigenvalue weighted by atomic mass is 35.5. The molecule has 2 aromatic carbocycles. The molecule has 2 aliphatic heterocycles. The van der Waals surface area contributed by atoms with Crippen LogP contribution >= 0.6 is 23.2 Å². The van der Waals surface area contributed by atoms with Crippen molar-refractivity contribution in [3.05, 3.63) is 86.9 Å². The number of rotatable bonds is 13. The highest BCUT2D eigenvalue weighted by Gasteiger charge is 2.51. The van der Waals surface area contributed by atoms with Crippen LogP contribution < -0.4 is 19.5 Å². The molecule has 2 saturated carbocycles. The van der Waals surface area contributed by atoms with E-state index in [1.807, 2.05) is 42.5 Å². The lowest BCUT2D eigenvalue weighted by Gasteiger charge is -2.52. The molecule has 0 amide bonds. The van der Waals surface area contributed by atoms with Crippen molar-refractivity contribution in [1.82, 2.24) is 20.2 Å². The third-order valence-electron chi connectivity index (χ3n) is 12.2. The summed E-state index contributed by atoms with van der Waals surface area (Å²) in [7, 11) is 3.19. The molecule has 288 valence electrons. The average Bonchev–Trinajstić information content (AvgIpc) is 3.81. The minimum atomic E-state index is -0.861. The van der Waals surface area contributed by atoms with Gasteiger partial charge in [-0.3, -0.25) is 14.5 Å². The van der Waals surface area contributed by atoms with Crippen LogP contribution in [-0.2, 0) is 29.1 Å². The molecule has 5 aliphatic rings. The molecule has 55 heavy (non-hydrogen) atoms. The lowest BCUT2D eigenvalue weighted by Crippen LogP contribution is -2.62. The summed E-state index contributed by atoms with van der Waals surface area (Å²) < 4.78 is 18.0. The average molecular weight is 786 g/mol. The van der Waals surface area contributed by atoms with Crippen LogP contribution in [0.2, 0.25) is 10.0 Å². The highest BCUT2D eigenvalue weighted by Crippen LogP contribution is 2.47. The smallest absolute Gasteiger partial charge is 0.324 e. The maximum absolute atomic E-state index is 12.5. The maximum Gasteiger partial charge on any atom is 0.324 e. The van der Waals surface area contributed by atoms with Crippen LogP contribution in [0.5, 0.6) is 17.6 Å². The number of halogens is 2.